The molecule has 1 saturated carbocycles. The average molecular weight is 303 g/mol. The molecule has 0 amide bonds. The maximum atomic E-state index is 12.4. The summed E-state index contributed by atoms with van der Waals surface area (Å²) in [7, 11) is 0. The van der Waals surface area contributed by atoms with Crippen molar-refractivity contribution in [1.29, 1.82) is 0 Å². The molecule has 7 heteroatoms. The lowest BCUT2D eigenvalue weighted by Crippen LogP contribution is -2.26. The summed E-state index contributed by atoms with van der Waals surface area (Å²) in [4.78, 5) is 15.3. The van der Waals surface area contributed by atoms with Gasteiger partial charge < -0.3 is 4.57 Å². The van der Waals surface area contributed by atoms with Crippen molar-refractivity contribution in [3.8, 4) is 0 Å². The third kappa shape index (κ3) is 2.40. The summed E-state index contributed by atoms with van der Waals surface area (Å²) >= 11 is 5.92. The van der Waals surface area contributed by atoms with E-state index in [1.54, 1.807) is 22.8 Å². The van der Waals surface area contributed by atoms with Gasteiger partial charge in [0.15, 0.2) is 0 Å². The Bertz CT molecular complexity index is 689. The maximum absolute atomic E-state index is 12.4. The van der Waals surface area contributed by atoms with Crippen molar-refractivity contribution < 1.29 is 18.0 Å². The number of halogens is 4. The summed E-state index contributed by atoms with van der Waals surface area (Å²) in [5.74, 6) is -1.62. The molecule has 1 heterocycles. The topological polar surface area (TPSA) is 34.9 Å². The molecule has 0 atom stereocenters. The third-order valence-electron chi connectivity index (χ3n) is 3.27. The van der Waals surface area contributed by atoms with Crippen LogP contribution in [0.4, 0.5) is 13.2 Å². The lowest BCUT2D eigenvalue weighted by molar-refractivity contribution is -0.170. The number of hydrogen-bond donors (Lipinski definition) is 0. The lowest BCUT2D eigenvalue weighted by Gasteiger charge is -2.08. The molecule has 0 bridgehead atoms. The van der Waals surface area contributed by atoms with E-state index in [2.05, 4.69) is 4.98 Å². The fourth-order valence-corrected chi connectivity index (χ4v) is 2.39. The Hall–Kier alpha value is -1.56. The zero-order valence-corrected chi connectivity index (χ0v) is 11.0. The van der Waals surface area contributed by atoms with Gasteiger partial charge in [0.25, 0.3) is 0 Å². The summed E-state index contributed by atoms with van der Waals surface area (Å²) in [5.41, 5.74) is 1.25. The van der Waals surface area contributed by atoms with Gasteiger partial charge in [0.2, 0.25) is 5.78 Å². The molecule has 0 saturated heterocycles. The summed E-state index contributed by atoms with van der Waals surface area (Å²) in [5, 5.41) is 0.494. The van der Waals surface area contributed by atoms with Crippen LogP contribution in [-0.2, 0) is 11.2 Å². The van der Waals surface area contributed by atoms with Crippen LogP contribution in [-0.4, -0.2) is 21.5 Å². The number of alkyl halides is 3. The van der Waals surface area contributed by atoms with Crippen LogP contribution in [0, 0.1) is 0 Å². The first-order valence-corrected chi connectivity index (χ1v) is 6.50. The Morgan fingerprint density at radius 2 is 2.10 bits per heavy atom. The van der Waals surface area contributed by atoms with Crippen LogP contribution < -0.4 is 0 Å². The van der Waals surface area contributed by atoms with Gasteiger partial charge in [0, 0.05) is 11.1 Å². The van der Waals surface area contributed by atoms with E-state index >= 15 is 0 Å². The first kappa shape index (κ1) is 13.4. The molecule has 0 unspecified atom stereocenters. The first-order valence-electron chi connectivity index (χ1n) is 6.12. The minimum atomic E-state index is -4.83. The van der Waals surface area contributed by atoms with Crippen molar-refractivity contribution in [2.24, 2.45) is 0 Å². The van der Waals surface area contributed by atoms with Crippen molar-refractivity contribution in [2.75, 3.05) is 0 Å². The van der Waals surface area contributed by atoms with Gasteiger partial charge in [-0.3, -0.25) is 4.79 Å². The molecule has 0 N–H and O–H groups in total. The van der Waals surface area contributed by atoms with E-state index < -0.39 is 18.4 Å². The summed E-state index contributed by atoms with van der Waals surface area (Å²) in [6, 6.07) is 5.07. The predicted molar refractivity (Wildman–Crippen MR) is 67.8 cm³/mol. The number of carbonyl (C=O) groups excluding carboxylic acids is 1. The Morgan fingerprint density at radius 3 is 2.70 bits per heavy atom. The second-order valence-corrected chi connectivity index (χ2v) is 5.30. The average Bonchev–Trinajstić information content (AvgIpc) is 3.11. The van der Waals surface area contributed by atoms with Gasteiger partial charge in [-0.1, -0.05) is 11.6 Å². The highest BCUT2D eigenvalue weighted by Crippen LogP contribution is 2.39. The molecule has 0 aliphatic heterocycles. The quantitative estimate of drug-likeness (QED) is 0.866. The summed E-state index contributed by atoms with van der Waals surface area (Å²) in [6.45, 7) is 0. The molecule has 1 aliphatic rings. The molecule has 1 aromatic heterocycles. The highest BCUT2D eigenvalue weighted by molar-refractivity contribution is 6.31. The van der Waals surface area contributed by atoms with Gasteiger partial charge in [-0.2, -0.15) is 13.2 Å². The minimum Gasteiger partial charge on any atom is -0.324 e. The molecule has 106 valence electrons. The maximum Gasteiger partial charge on any atom is 0.450 e. The molecule has 0 radical (unpaired) electrons. The van der Waals surface area contributed by atoms with Crippen LogP contribution >= 0.6 is 11.6 Å². The number of nitrogens with zero attached hydrogens (tertiary/aromatic N) is 2. The van der Waals surface area contributed by atoms with Crippen molar-refractivity contribution in [2.45, 2.75) is 31.5 Å². The van der Waals surface area contributed by atoms with Crippen LogP contribution in [0.25, 0.3) is 11.0 Å². The van der Waals surface area contributed by atoms with Crippen molar-refractivity contribution >= 4 is 28.4 Å². The number of fused-ring (bicyclic) bond motifs is 1. The minimum absolute atomic E-state index is 0.120. The molecule has 1 aromatic carbocycles. The van der Waals surface area contributed by atoms with Gasteiger partial charge in [-0.05, 0) is 31.0 Å². The Balaban J connectivity index is 2.06. The second kappa shape index (κ2) is 4.48. The van der Waals surface area contributed by atoms with Gasteiger partial charge in [-0.25, -0.2) is 4.98 Å². The highest BCUT2D eigenvalue weighted by atomic mass is 35.5. The molecule has 0 spiro atoms. The fraction of sp³-hybridized carbons (Fsp3) is 0.385. The standard InChI is InChI=1S/C13H10ClF3N2O/c14-7-1-4-9-10(5-7)19(8-2-3-8)12(18-9)6-11(20)13(15,16)17/h1,4-5,8H,2-3,6H2. The number of benzene rings is 1. The smallest absolute Gasteiger partial charge is 0.324 e. The van der Waals surface area contributed by atoms with Crippen LogP contribution in [0.15, 0.2) is 18.2 Å². The molecular formula is C13H10ClF3N2O. The third-order valence-corrected chi connectivity index (χ3v) is 3.51. The normalized spacial score (nSPS) is 15.8. The predicted octanol–water partition coefficient (Wildman–Crippen LogP) is 3.70. The molecule has 20 heavy (non-hydrogen) atoms. The Morgan fingerprint density at radius 1 is 1.40 bits per heavy atom. The number of aromatic nitrogens is 2. The van der Waals surface area contributed by atoms with Crippen LogP contribution in [0.1, 0.15) is 24.7 Å². The van der Waals surface area contributed by atoms with E-state index in [4.69, 9.17) is 11.6 Å². The van der Waals surface area contributed by atoms with E-state index in [1.807, 2.05) is 0 Å². The molecule has 1 aliphatic carbocycles. The van der Waals surface area contributed by atoms with E-state index in [1.165, 1.54) is 0 Å². The second-order valence-electron chi connectivity index (χ2n) is 4.86. The number of Topliss-reactive ketones (excluding diaryl/α,β-unsaturated/α-hetero) is 1. The molecule has 3 rings (SSSR count). The number of hydrogen-bond acceptors (Lipinski definition) is 2. The van der Waals surface area contributed by atoms with E-state index in [9.17, 15) is 18.0 Å². The van der Waals surface area contributed by atoms with Gasteiger partial charge in [-0.15, -0.1) is 0 Å². The SMILES string of the molecule is O=C(Cc1nc2ccc(Cl)cc2n1C1CC1)C(F)(F)F. The Kier molecular flexibility index (Phi) is 3.01. The molecule has 2 aromatic rings. The van der Waals surface area contributed by atoms with Crippen LogP contribution in [0.5, 0.6) is 0 Å². The fourth-order valence-electron chi connectivity index (χ4n) is 2.22. The van der Waals surface area contributed by atoms with Crippen LogP contribution in [0.2, 0.25) is 5.02 Å². The van der Waals surface area contributed by atoms with E-state index in [-0.39, 0.29) is 11.9 Å². The zero-order valence-electron chi connectivity index (χ0n) is 10.2. The van der Waals surface area contributed by atoms with E-state index in [0.29, 0.717) is 16.1 Å². The lowest BCUT2D eigenvalue weighted by atomic mass is 10.2. The monoisotopic (exact) mass is 302 g/mol. The van der Waals surface area contributed by atoms with Crippen molar-refractivity contribution in [1.82, 2.24) is 9.55 Å². The number of ketones is 1. The zero-order chi connectivity index (χ0) is 14.5. The summed E-state index contributed by atoms with van der Waals surface area (Å²) < 4.78 is 38.9. The van der Waals surface area contributed by atoms with Gasteiger partial charge in [0.1, 0.15) is 5.82 Å². The number of rotatable bonds is 3. The van der Waals surface area contributed by atoms with E-state index in [0.717, 1.165) is 12.8 Å². The highest BCUT2D eigenvalue weighted by Gasteiger charge is 2.39. The first-order chi connectivity index (χ1) is 9.36. The van der Waals surface area contributed by atoms with Crippen molar-refractivity contribution in [3.05, 3.63) is 29.0 Å². The number of imidazole rings is 1. The van der Waals surface area contributed by atoms with Gasteiger partial charge in [0.05, 0.1) is 17.5 Å². The number of carbonyl (C=O) groups is 1. The van der Waals surface area contributed by atoms with Crippen molar-refractivity contribution in [3.63, 3.8) is 0 Å². The Labute approximate surface area is 117 Å². The molecule has 3 nitrogen and oxygen atoms in total. The van der Waals surface area contributed by atoms with Gasteiger partial charge >= 0.3 is 6.18 Å². The van der Waals surface area contributed by atoms with Crippen LogP contribution in [0.3, 0.4) is 0 Å². The largest absolute Gasteiger partial charge is 0.450 e. The summed E-state index contributed by atoms with van der Waals surface area (Å²) in [6.07, 6.45) is -3.80. The molecular weight excluding hydrogens is 293 g/mol. The molecule has 1 fully saturated rings.